The van der Waals surface area contributed by atoms with E-state index in [1.807, 2.05) is 7.05 Å². The molecule has 1 aromatic heterocycles. The fourth-order valence-corrected chi connectivity index (χ4v) is 4.16. The third-order valence-corrected chi connectivity index (χ3v) is 5.46. The molecule has 1 saturated heterocycles. The lowest BCUT2D eigenvalue weighted by Gasteiger charge is -2.20. The number of thiazole rings is 1. The van der Waals surface area contributed by atoms with Crippen LogP contribution in [0.2, 0.25) is 0 Å². The number of fused-ring (bicyclic) bond motifs is 1. The zero-order valence-electron chi connectivity index (χ0n) is 12.9. The third kappa shape index (κ3) is 3.06. The number of carbonyl (C=O) groups is 1. The molecule has 2 aliphatic rings. The van der Waals surface area contributed by atoms with Crippen LogP contribution in [-0.4, -0.2) is 42.7 Å². The molecule has 21 heavy (non-hydrogen) atoms. The molecular formula is C15H23N3O2S. The largest absolute Gasteiger partial charge is 0.381 e. The van der Waals surface area contributed by atoms with E-state index in [4.69, 9.17) is 4.74 Å². The highest BCUT2D eigenvalue weighted by Gasteiger charge is 2.34. The molecule has 2 heterocycles. The monoisotopic (exact) mass is 309 g/mol. The number of nitrogens with one attached hydrogen (secondary N) is 1. The highest BCUT2D eigenvalue weighted by Crippen LogP contribution is 2.42. The van der Waals surface area contributed by atoms with Gasteiger partial charge in [-0.3, -0.25) is 5.32 Å². The molecule has 0 bridgehead atoms. The third-order valence-electron chi connectivity index (χ3n) is 4.43. The second-order valence-electron chi connectivity index (χ2n) is 6.71. The Labute approximate surface area is 129 Å². The molecule has 1 aliphatic heterocycles. The van der Waals surface area contributed by atoms with Crippen LogP contribution in [0.5, 0.6) is 0 Å². The van der Waals surface area contributed by atoms with Crippen LogP contribution >= 0.6 is 11.3 Å². The number of nitrogens with zero attached hydrogens (tertiary/aromatic N) is 2. The maximum Gasteiger partial charge on any atom is 0.323 e. The molecule has 0 saturated carbocycles. The number of hydrogen-bond donors (Lipinski definition) is 1. The summed E-state index contributed by atoms with van der Waals surface area (Å²) in [6.07, 6.45) is 3.26. The Morgan fingerprint density at radius 3 is 3.05 bits per heavy atom. The van der Waals surface area contributed by atoms with E-state index in [2.05, 4.69) is 24.1 Å². The quantitative estimate of drug-likeness (QED) is 0.934. The SMILES string of the molecule is CN(CC1CCOC1)C(=O)Nc1nc2c(s1)CCC2(C)C. The molecule has 5 nitrogen and oxygen atoms in total. The average molecular weight is 309 g/mol. The smallest absolute Gasteiger partial charge is 0.323 e. The summed E-state index contributed by atoms with van der Waals surface area (Å²) >= 11 is 1.62. The molecule has 6 heteroatoms. The zero-order chi connectivity index (χ0) is 15.0. The standard InChI is InChI=1S/C15H23N3O2S/c1-15(2)6-4-11-12(15)16-13(21-11)17-14(19)18(3)8-10-5-7-20-9-10/h10H,4-9H2,1-3H3,(H,16,17,19). The molecule has 3 rings (SSSR count). The fraction of sp³-hybridized carbons (Fsp3) is 0.733. The van der Waals surface area contributed by atoms with Crippen LogP contribution in [0.25, 0.3) is 0 Å². The van der Waals surface area contributed by atoms with Crippen LogP contribution in [0.3, 0.4) is 0 Å². The summed E-state index contributed by atoms with van der Waals surface area (Å²) in [7, 11) is 1.83. The van der Waals surface area contributed by atoms with Crippen molar-refractivity contribution in [1.29, 1.82) is 0 Å². The van der Waals surface area contributed by atoms with Gasteiger partial charge in [-0.2, -0.15) is 0 Å². The van der Waals surface area contributed by atoms with Gasteiger partial charge in [-0.1, -0.05) is 13.8 Å². The van der Waals surface area contributed by atoms with E-state index in [-0.39, 0.29) is 11.4 Å². The van der Waals surface area contributed by atoms with Crippen LogP contribution in [0.4, 0.5) is 9.93 Å². The Morgan fingerprint density at radius 2 is 2.38 bits per heavy atom. The molecule has 0 aromatic carbocycles. The number of aryl methyl sites for hydroxylation is 1. The second kappa shape index (κ2) is 5.57. The maximum atomic E-state index is 12.2. The molecule has 1 aliphatic carbocycles. The molecule has 1 fully saturated rings. The van der Waals surface area contributed by atoms with Crippen LogP contribution in [-0.2, 0) is 16.6 Å². The number of urea groups is 1. The number of aromatic nitrogens is 1. The van der Waals surface area contributed by atoms with Crippen LogP contribution < -0.4 is 5.32 Å². The second-order valence-corrected chi connectivity index (χ2v) is 7.80. The Morgan fingerprint density at radius 1 is 1.57 bits per heavy atom. The first kappa shape index (κ1) is 14.8. The highest BCUT2D eigenvalue weighted by molar-refractivity contribution is 7.16. The number of carbonyl (C=O) groups excluding carboxylic acids is 1. The predicted molar refractivity (Wildman–Crippen MR) is 84.0 cm³/mol. The summed E-state index contributed by atoms with van der Waals surface area (Å²) in [4.78, 5) is 19.9. The van der Waals surface area contributed by atoms with Gasteiger partial charge in [0.1, 0.15) is 0 Å². The van der Waals surface area contributed by atoms with Gasteiger partial charge in [0, 0.05) is 36.4 Å². The van der Waals surface area contributed by atoms with Crippen LogP contribution in [0.15, 0.2) is 0 Å². The summed E-state index contributed by atoms with van der Waals surface area (Å²) in [5, 5.41) is 3.67. The van der Waals surface area contributed by atoms with Crippen molar-refractivity contribution in [1.82, 2.24) is 9.88 Å². The van der Waals surface area contributed by atoms with E-state index in [9.17, 15) is 4.79 Å². The normalized spacial score (nSPS) is 23.1. The topological polar surface area (TPSA) is 54.5 Å². The number of amides is 2. The molecule has 1 atom stereocenters. The predicted octanol–water partition coefficient (Wildman–Crippen LogP) is 2.87. The lowest BCUT2D eigenvalue weighted by atomic mass is 9.91. The molecular weight excluding hydrogens is 286 g/mol. The van der Waals surface area contributed by atoms with E-state index in [0.717, 1.165) is 49.8 Å². The van der Waals surface area contributed by atoms with Gasteiger partial charge in [0.15, 0.2) is 5.13 Å². The van der Waals surface area contributed by atoms with E-state index in [0.29, 0.717) is 5.92 Å². The summed E-state index contributed by atoms with van der Waals surface area (Å²) in [5.41, 5.74) is 1.30. The van der Waals surface area contributed by atoms with Crippen LogP contribution in [0, 0.1) is 5.92 Å². The van der Waals surface area contributed by atoms with Crippen molar-refractivity contribution in [3.63, 3.8) is 0 Å². The Balaban J connectivity index is 1.60. The first-order valence-corrected chi connectivity index (χ1v) is 8.37. The van der Waals surface area contributed by atoms with Gasteiger partial charge in [0.2, 0.25) is 0 Å². The minimum absolute atomic E-state index is 0.0767. The number of ether oxygens (including phenoxy) is 1. The lowest BCUT2D eigenvalue weighted by molar-refractivity contribution is 0.175. The Hall–Kier alpha value is -1.14. The van der Waals surface area contributed by atoms with Gasteiger partial charge in [-0.25, -0.2) is 9.78 Å². The summed E-state index contributed by atoms with van der Waals surface area (Å²) < 4.78 is 5.35. The lowest BCUT2D eigenvalue weighted by Crippen LogP contribution is -2.35. The molecule has 0 spiro atoms. The van der Waals surface area contributed by atoms with Gasteiger partial charge >= 0.3 is 6.03 Å². The summed E-state index contributed by atoms with van der Waals surface area (Å²) in [6, 6.07) is -0.0767. The molecule has 1 aromatic rings. The number of hydrogen-bond acceptors (Lipinski definition) is 4. The van der Waals surface area contributed by atoms with Gasteiger partial charge in [0.05, 0.1) is 12.3 Å². The van der Waals surface area contributed by atoms with Gasteiger partial charge in [-0.15, -0.1) is 11.3 Å². The molecule has 2 amide bonds. The molecule has 1 unspecified atom stereocenters. The van der Waals surface area contributed by atoms with Gasteiger partial charge in [-0.05, 0) is 19.3 Å². The highest BCUT2D eigenvalue weighted by atomic mass is 32.1. The first-order chi connectivity index (χ1) is 9.95. The van der Waals surface area contributed by atoms with Crippen molar-refractivity contribution < 1.29 is 9.53 Å². The number of anilines is 1. The van der Waals surface area contributed by atoms with Crippen molar-refractivity contribution in [2.24, 2.45) is 5.92 Å². The van der Waals surface area contributed by atoms with Crippen molar-refractivity contribution in [3.8, 4) is 0 Å². The van der Waals surface area contributed by atoms with Crippen molar-refractivity contribution in [2.75, 3.05) is 32.1 Å². The minimum Gasteiger partial charge on any atom is -0.381 e. The molecule has 1 N–H and O–H groups in total. The van der Waals surface area contributed by atoms with Gasteiger partial charge < -0.3 is 9.64 Å². The van der Waals surface area contributed by atoms with E-state index < -0.39 is 0 Å². The number of rotatable bonds is 3. The van der Waals surface area contributed by atoms with Gasteiger partial charge in [0.25, 0.3) is 0 Å². The fourth-order valence-electron chi connectivity index (χ4n) is 3.03. The Bertz CT molecular complexity index is 535. The van der Waals surface area contributed by atoms with E-state index in [1.54, 1.807) is 16.2 Å². The van der Waals surface area contributed by atoms with E-state index >= 15 is 0 Å². The summed E-state index contributed by atoms with van der Waals surface area (Å²) in [6.45, 7) is 6.75. The first-order valence-electron chi connectivity index (χ1n) is 7.56. The zero-order valence-corrected chi connectivity index (χ0v) is 13.8. The summed E-state index contributed by atoms with van der Waals surface area (Å²) in [5.74, 6) is 0.459. The van der Waals surface area contributed by atoms with Crippen molar-refractivity contribution >= 4 is 22.5 Å². The maximum absolute atomic E-state index is 12.2. The van der Waals surface area contributed by atoms with Crippen molar-refractivity contribution in [2.45, 2.75) is 38.5 Å². The molecule has 0 radical (unpaired) electrons. The minimum atomic E-state index is -0.0767. The van der Waals surface area contributed by atoms with Crippen molar-refractivity contribution in [3.05, 3.63) is 10.6 Å². The Kier molecular flexibility index (Phi) is 3.92. The van der Waals surface area contributed by atoms with E-state index in [1.165, 1.54) is 4.88 Å². The average Bonchev–Trinajstić information content (AvgIpc) is 3.10. The van der Waals surface area contributed by atoms with Crippen LogP contribution in [0.1, 0.15) is 37.3 Å². The molecule has 116 valence electrons.